The van der Waals surface area contributed by atoms with Crippen LogP contribution in [0.5, 0.6) is 0 Å². The van der Waals surface area contributed by atoms with Crippen molar-refractivity contribution in [2.24, 2.45) is 5.16 Å². The molecule has 7 heteroatoms. The van der Waals surface area contributed by atoms with E-state index in [2.05, 4.69) is 18.1 Å². The molecule has 0 saturated heterocycles. The fourth-order valence-corrected chi connectivity index (χ4v) is 4.51. The molecule has 0 atom stereocenters. The first-order chi connectivity index (χ1) is 13.5. The third-order valence-electron chi connectivity index (χ3n) is 4.35. The molecule has 0 unspecified atom stereocenters. The van der Waals surface area contributed by atoms with Crippen LogP contribution < -0.4 is 0 Å². The Kier molecular flexibility index (Phi) is 8.81. The molecule has 0 N–H and O–H groups in total. The highest BCUT2D eigenvalue weighted by atomic mass is 32.2. The van der Waals surface area contributed by atoms with E-state index in [9.17, 15) is 13.7 Å². The first-order valence-corrected chi connectivity index (χ1v) is 11.9. The molecule has 0 radical (unpaired) electrons. The molecule has 5 nitrogen and oxygen atoms in total. The van der Waals surface area contributed by atoms with Gasteiger partial charge in [-0.05, 0) is 36.6 Å². The highest BCUT2D eigenvalue weighted by molar-refractivity contribution is 8.18. The van der Waals surface area contributed by atoms with Gasteiger partial charge in [0.15, 0.2) is 0 Å². The summed E-state index contributed by atoms with van der Waals surface area (Å²) in [5.41, 5.74) is 2.40. The van der Waals surface area contributed by atoms with Crippen LogP contribution in [0.1, 0.15) is 56.6 Å². The summed E-state index contributed by atoms with van der Waals surface area (Å²) >= 11 is 1.23. The SMILES string of the molecule is CCCCCCCCS(=O)(=O)O/N=C1C=C/C(=C(/C#N)c2ccccc2C)S/1. The van der Waals surface area contributed by atoms with Crippen molar-refractivity contribution in [1.82, 2.24) is 0 Å². The van der Waals surface area contributed by atoms with Crippen molar-refractivity contribution in [2.45, 2.75) is 52.4 Å². The molecule has 0 amide bonds. The summed E-state index contributed by atoms with van der Waals surface area (Å²) in [4.78, 5) is 0.729. The van der Waals surface area contributed by atoms with Gasteiger partial charge in [0.05, 0.1) is 11.3 Å². The maximum absolute atomic E-state index is 12.0. The molecule has 0 aromatic heterocycles. The van der Waals surface area contributed by atoms with E-state index < -0.39 is 10.1 Å². The molecule has 0 fully saturated rings. The molecule has 0 saturated carbocycles. The third-order valence-corrected chi connectivity index (χ3v) is 6.42. The number of nitriles is 1. The van der Waals surface area contributed by atoms with Crippen LogP contribution in [0, 0.1) is 18.3 Å². The normalized spacial score (nSPS) is 17.0. The maximum atomic E-state index is 12.0. The zero-order chi connectivity index (χ0) is 20.4. The molecular formula is C21H26N2O3S2. The number of oxime groups is 1. The van der Waals surface area contributed by atoms with E-state index in [1.807, 2.05) is 31.2 Å². The van der Waals surface area contributed by atoms with E-state index in [-0.39, 0.29) is 5.75 Å². The van der Waals surface area contributed by atoms with Crippen molar-refractivity contribution in [3.05, 3.63) is 52.4 Å². The Morgan fingerprint density at radius 2 is 1.86 bits per heavy atom. The summed E-state index contributed by atoms with van der Waals surface area (Å²) in [5, 5.41) is 13.7. The smallest absolute Gasteiger partial charge is 0.267 e. The molecule has 1 heterocycles. The molecule has 0 spiro atoms. The lowest BCUT2D eigenvalue weighted by molar-refractivity contribution is 0.339. The van der Waals surface area contributed by atoms with Crippen LogP contribution in [0.15, 0.2) is 46.5 Å². The zero-order valence-electron chi connectivity index (χ0n) is 16.3. The third kappa shape index (κ3) is 6.84. The fourth-order valence-electron chi connectivity index (χ4n) is 2.80. The minimum Gasteiger partial charge on any atom is -0.267 e. The van der Waals surface area contributed by atoms with Crippen molar-refractivity contribution >= 4 is 32.5 Å². The molecule has 0 aliphatic carbocycles. The number of aryl methyl sites for hydroxylation is 1. The number of benzene rings is 1. The first kappa shape index (κ1) is 22.3. The minimum absolute atomic E-state index is 0.0281. The number of hydrogen-bond donors (Lipinski definition) is 0. The average Bonchev–Trinajstić information content (AvgIpc) is 3.14. The lowest BCUT2D eigenvalue weighted by Gasteiger charge is -2.06. The van der Waals surface area contributed by atoms with Gasteiger partial charge in [0.1, 0.15) is 11.1 Å². The highest BCUT2D eigenvalue weighted by Gasteiger charge is 2.18. The molecule has 150 valence electrons. The predicted octanol–water partition coefficient (Wildman–Crippen LogP) is 5.55. The summed E-state index contributed by atoms with van der Waals surface area (Å²) in [6.07, 6.45) is 9.41. The summed E-state index contributed by atoms with van der Waals surface area (Å²) in [6.45, 7) is 4.09. The Morgan fingerprint density at radius 1 is 1.14 bits per heavy atom. The van der Waals surface area contributed by atoms with Gasteiger partial charge < -0.3 is 0 Å². The van der Waals surface area contributed by atoms with Crippen LogP contribution in [0.2, 0.25) is 0 Å². The molecule has 1 aliphatic rings. The second-order valence-corrected chi connectivity index (χ2v) is 9.37. The zero-order valence-corrected chi connectivity index (χ0v) is 18.0. The van der Waals surface area contributed by atoms with Crippen molar-refractivity contribution in [1.29, 1.82) is 5.26 Å². The standard InChI is InChI=1S/C21H26N2O3S2/c1-3-4-5-6-7-10-15-28(24,25)26-23-21-14-13-20(27-21)19(16-22)18-12-9-8-11-17(18)2/h8-9,11-14H,3-7,10,15H2,1-2H3/b20-19+,23-21-. The molecular weight excluding hydrogens is 392 g/mol. The van der Waals surface area contributed by atoms with E-state index in [1.54, 1.807) is 12.2 Å². The summed E-state index contributed by atoms with van der Waals surface area (Å²) < 4.78 is 28.8. The van der Waals surface area contributed by atoms with E-state index in [0.717, 1.165) is 41.7 Å². The van der Waals surface area contributed by atoms with Crippen LogP contribution in [0.25, 0.3) is 5.57 Å². The van der Waals surface area contributed by atoms with E-state index in [1.165, 1.54) is 18.2 Å². The lowest BCUT2D eigenvalue weighted by atomic mass is 10.0. The molecule has 1 aromatic rings. The average molecular weight is 419 g/mol. The second-order valence-electron chi connectivity index (χ2n) is 6.63. The molecule has 0 bridgehead atoms. The Bertz CT molecular complexity index is 910. The molecule has 2 rings (SSSR count). The van der Waals surface area contributed by atoms with E-state index in [4.69, 9.17) is 4.28 Å². The van der Waals surface area contributed by atoms with E-state index in [0.29, 0.717) is 17.0 Å². The lowest BCUT2D eigenvalue weighted by Crippen LogP contribution is -2.08. The largest absolute Gasteiger partial charge is 0.328 e. The summed E-state index contributed by atoms with van der Waals surface area (Å²) in [7, 11) is -3.68. The molecule has 28 heavy (non-hydrogen) atoms. The van der Waals surface area contributed by atoms with E-state index >= 15 is 0 Å². The first-order valence-electron chi connectivity index (χ1n) is 9.52. The second kappa shape index (κ2) is 11.1. The number of hydrogen-bond acceptors (Lipinski definition) is 6. The number of rotatable bonds is 10. The number of allylic oxidation sites excluding steroid dienone is 2. The number of unbranched alkanes of at least 4 members (excludes halogenated alkanes) is 5. The van der Waals surface area contributed by atoms with Gasteiger partial charge in [0, 0.05) is 4.91 Å². The van der Waals surface area contributed by atoms with Gasteiger partial charge >= 0.3 is 10.1 Å². The van der Waals surface area contributed by atoms with Crippen molar-refractivity contribution in [3.8, 4) is 6.07 Å². The van der Waals surface area contributed by atoms with Gasteiger partial charge in [0.25, 0.3) is 0 Å². The Balaban J connectivity index is 1.94. The van der Waals surface area contributed by atoms with Gasteiger partial charge in [0.2, 0.25) is 0 Å². The Hall–Kier alpha value is -2.04. The topological polar surface area (TPSA) is 79.5 Å². The monoisotopic (exact) mass is 418 g/mol. The highest BCUT2D eigenvalue weighted by Crippen LogP contribution is 2.34. The number of thioether (sulfide) groups is 1. The van der Waals surface area contributed by atoms with Gasteiger partial charge in [-0.15, -0.1) is 0 Å². The van der Waals surface area contributed by atoms with Gasteiger partial charge in [-0.25, -0.2) is 0 Å². The molecule has 1 aliphatic heterocycles. The van der Waals surface area contributed by atoms with Crippen molar-refractivity contribution < 1.29 is 12.7 Å². The Morgan fingerprint density at radius 3 is 2.57 bits per heavy atom. The van der Waals surface area contributed by atoms with Crippen LogP contribution in [0.3, 0.4) is 0 Å². The summed E-state index contributed by atoms with van der Waals surface area (Å²) in [6, 6.07) is 9.89. The Labute approximate surface area is 172 Å². The maximum Gasteiger partial charge on any atom is 0.328 e. The van der Waals surface area contributed by atoms with Crippen molar-refractivity contribution in [3.63, 3.8) is 0 Å². The molecule has 1 aromatic carbocycles. The number of nitrogens with zero attached hydrogens (tertiary/aromatic N) is 2. The van der Waals surface area contributed by atoms with Crippen LogP contribution in [-0.2, 0) is 14.4 Å². The van der Waals surface area contributed by atoms with Crippen molar-refractivity contribution in [2.75, 3.05) is 5.75 Å². The van der Waals surface area contributed by atoms with Crippen LogP contribution in [0.4, 0.5) is 0 Å². The fraction of sp³-hybridized carbons (Fsp3) is 0.429. The summed E-state index contributed by atoms with van der Waals surface area (Å²) in [5.74, 6) is -0.0281. The minimum atomic E-state index is -3.68. The van der Waals surface area contributed by atoms with Crippen LogP contribution in [-0.4, -0.2) is 19.2 Å². The quantitative estimate of drug-likeness (QED) is 0.283. The van der Waals surface area contributed by atoms with Gasteiger partial charge in [-0.2, -0.15) is 13.7 Å². The van der Waals surface area contributed by atoms with Gasteiger partial charge in [-0.1, -0.05) is 80.2 Å². The van der Waals surface area contributed by atoms with Gasteiger partial charge in [-0.3, -0.25) is 4.28 Å². The predicted molar refractivity (Wildman–Crippen MR) is 116 cm³/mol. The van der Waals surface area contributed by atoms with Crippen LogP contribution >= 0.6 is 11.8 Å².